The van der Waals surface area contributed by atoms with Gasteiger partial charge in [0.25, 0.3) is 0 Å². The van der Waals surface area contributed by atoms with Gasteiger partial charge in [-0.2, -0.15) is 0 Å². The van der Waals surface area contributed by atoms with E-state index in [2.05, 4.69) is 15.8 Å². The van der Waals surface area contributed by atoms with Crippen molar-refractivity contribution >= 4 is 28.8 Å². The zero-order valence-electron chi connectivity index (χ0n) is 5.58. The first kappa shape index (κ1) is 12.6. The molecule has 1 amide bonds. The summed E-state index contributed by atoms with van der Waals surface area (Å²) in [4.78, 5) is 11.7. The van der Waals surface area contributed by atoms with E-state index in [1.165, 1.54) is 4.90 Å². The SMILES string of the molecule is CN(C)C(=O)OS[S-].[Na+]. The summed E-state index contributed by atoms with van der Waals surface area (Å²) >= 11 is 4.92. The van der Waals surface area contributed by atoms with E-state index in [-0.39, 0.29) is 29.6 Å². The van der Waals surface area contributed by atoms with Crippen LogP contribution in [0, 0.1) is 0 Å². The average molecular weight is 175 g/mol. The van der Waals surface area contributed by atoms with Gasteiger partial charge in [0.05, 0.1) is 0 Å². The summed E-state index contributed by atoms with van der Waals surface area (Å²) in [5, 5.41) is 0. The summed E-state index contributed by atoms with van der Waals surface area (Å²) in [6.07, 6.45) is -0.426. The van der Waals surface area contributed by atoms with Crippen LogP contribution in [0.5, 0.6) is 0 Å². The van der Waals surface area contributed by atoms with Gasteiger partial charge in [0.2, 0.25) is 0 Å². The topological polar surface area (TPSA) is 29.5 Å². The van der Waals surface area contributed by atoms with E-state index in [1.807, 2.05) is 0 Å². The molecule has 9 heavy (non-hydrogen) atoms. The maximum Gasteiger partial charge on any atom is 1.00 e. The van der Waals surface area contributed by atoms with Crippen LogP contribution < -0.4 is 29.6 Å². The minimum absolute atomic E-state index is 0. The smallest absolute Gasteiger partial charge is 0.675 e. The van der Waals surface area contributed by atoms with Gasteiger partial charge in [-0.3, -0.25) is 0 Å². The fourth-order valence-electron chi connectivity index (χ4n) is 0.104. The zero-order valence-corrected chi connectivity index (χ0v) is 9.21. The molecule has 48 valence electrons. The van der Waals surface area contributed by atoms with Gasteiger partial charge in [0, 0.05) is 14.1 Å². The molecular formula is C3H6NNaO2S2. The molecular weight excluding hydrogens is 169 g/mol. The van der Waals surface area contributed by atoms with Crippen molar-refractivity contribution in [2.45, 2.75) is 0 Å². The van der Waals surface area contributed by atoms with Crippen LogP contribution in [-0.4, -0.2) is 25.1 Å². The van der Waals surface area contributed by atoms with Gasteiger partial charge < -0.3 is 20.7 Å². The molecule has 0 bridgehead atoms. The van der Waals surface area contributed by atoms with Crippen molar-refractivity contribution in [1.29, 1.82) is 0 Å². The van der Waals surface area contributed by atoms with Crippen molar-refractivity contribution in [3.63, 3.8) is 0 Å². The molecule has 0 unspecified atom stereocenters. The van der Waals surface area contributed by atoms with Crippen LogP contribution in [-0.2, 0) is 15.8 Å². The molecule has 0 fully saturated rings. The number of rotatable bonds is 1. The van der Waals surface area contributed by atoms with Crippen molar-refractivity contribution in [2.75, 3.05) is 14.1 Å². The average Bonchev–Trinajstić information content (AvgIpc) is 1.67. The maximum absolute atomic E-state index is 10.4. The third kappa shape index (κ3) is 6.86. The molecule has 0 atom stereocenters. The Hall–Kier alpha value is 0.970. The maximum atomic E-state index is 10.4. The van der Waals surface area contributed by atoms with Crippen LogP contribution in [0.15, 0.2) is 0 Å². The van der Waals surface area contributed by atoms with Crippen LogP contribution >= 0.6 is 11.1 Å². The van der Waals surface area contributed by atoms with E-state index in [1.54, 1.807) is 14.1 Å². The predicted octanol–water partition coefficient (Wildman–Crippen LogP) is -2.20. The molecule has 0 aliphatic carbocycles. The summed E-state index contributed by atoms with van der Waals surface area (Å²) in [5.41, 5.74) is 0. The Morgan fingerprint density at radius 1 is 1.67 bits per heavy atom. The zero-order chi connectivity index (χ0) is 6.57. The predicted molar refractivity (Wildman–Crippen MR) is 35.1 cm³/mol. The molecule has 0 saturated carbocycles. The number of nitrogens with zero attached hydrogens (tertiary/aromatic N) is 1. The van der Waals surface area contributed by atoms with E-state index in [4.69, 9.17) is 0 Å². The standard InChI is InChI=1S/C3H7NO2S2.Na/c1-4(2)3(5)6-8-7;/h7H,1-2H3;/q;+1/p-1. The van der Waals surface area contributed by atoms with Crippen LogP contribution in [0.3, 0.4) is 0 Å². The quantitative estimate of drug-likeness (QED) is 0.196. The first-order valence-corrected chi connectivity index (χ1v) is 3.53. The molecule has 0 radical (unpaired) electrons. The van der Waals surface area contributed by atoms with Gasteiger partial charge >= 0.3 is 35.7 Å². The van der Waals surface area contributed by atoms with E-state index in [0.29, 0.717) is 11.1 Å². The summed E-state index contributed by atoms with van der Waals surface area (Å²) in [7, 11) is 3.18. The molecule has 0 rings (SSSR count). The van der Waals surface area contributed by atoms with E-state index in [9.17, 15) is 4.79 Å². The second kappa shape index (κ2) is 7.08. The third-order valence-electron chi connectivity index (χ3n) is 0.470. The Balaban J connectivity index is 0. The van der Waals surface area contributed by atoms with Crippen LogP contribution in [0.2, 0.25) is 0 Å². The van der Waals surface area contributed by atoms with Gasteiger partial charge in [0.15, 0.2) is 0 Å². The Labute approximate surface area is 85.8 Å². The molecule has 0 aliphatic heterocycles. The largest absolute Gasteiger partial charge is 1.00 e. The van der Waals surface area contributed by atoms with Gasteiger partial charge in [-0.25, -0.2) is 4.79 Å². The van der Waals surface area contributed by atoms with Crippen molar-refractivity contribution in [3.8, 4) is 0 Å². The third-order valence-corrected chi connectivity index (χ3v) is 0.885. The molecule has 3 nitrogen and oxygen atoms in total. The van der Waals surface area contributed by atoms with Crippen LogP contribution in [0.25, 0.3) is 0 Å². The molecule has 0 aromatic heterocycles. The Bertz CT molecular complexity index is 89.9. The molecule has 0 aliphatic rings. The van der Waals surface area contributed by atoms with E-state index in [0.717, 1.165) is 0 Å². The molecule has 0 saturated heterocycles. The molecule has 0 aromatic rings. The minimum Gasteiger partial charge on any atom is -0.675 e. The fourth-order valence-corrected chi connectivity index (χ4v) is 0.486. The number of amides is 1. The van der Waals surface area contributed by atoms with Gasteiger partial charge in [-0.05, 0) is 0 Å². The van der Waals surface area contributed by atoms with Gasteiger partial charge in [-0.15, -0.1) is 11.1 Å². The van der Waals surface area contributed by atoms with Crippen molar-refractivity contribution < 1.29 is 38.5 Å². The molecule has 0 aromatic carbocycles. The Kier molecular flexibility index (Phi) is 9.94. The molecule has 6 heteroatoms. The second-order valence-corrected chi connectivity index (χ2v) is 2.02. The minimum atomic E-state index is -0.426. The first-order valence-electron chi connectivity index (χ1n) is 1.86. The molecule has 0 heterocycles. The van der Waals surface area contributed by atoms with Crippen molar-refractivity contribution in [3.05, 3.63) is 0 Å². The number of carbonyl (C=O) groups excluding carboxylic acids is 1. The number of carbonyl (C=O) groups is 1. The number of hydrogen-bond acceptors (Lipinski definition) is 4. The van der Waals surface area contributed by atoms with Crippen molar-refractivity contribution in [2.24, 2.45) is 0 Å². The molecule has 0 N–H and O–H groups in total. The summed E-state index contributed by atoms with van der Waals surface area (Å²) < 4.78 is 4.32. The summed E-state index contributed by atoms with van der Waals surface area (Å²) in [6, 6.07) is 0. The van der Waals surface area contributed by atoms with Crippen LogP contribution in [0.1, 0.15) is 0 Å². The summed E-state index contributed by atoms with van der Waals surface area (Å²) in [5.74, 6) is 0. The Morgan fingerprint density at radius 3 is 2.22 bits per heavy atom. The van der Waals surface area contributed by atoms with Crippen LogP contribution in [0.4, 0.5) is 4.79 Å². The van der Waals surface area contributed by atoms with Crippen molar-refractivity contribution in [1.82, 2.24) is 4.90 Å². The Morgan fingerprint density at radius 2 is 2.11 bits per heavy atom. The normalized spacial score (nSPS) is 7.44. The van der Waals surface area contributed by atoms with E-state index >= 15 is 0 Å². The van der Waals surface area contributed by atoms with E-state index < -0.39 is 6.09 Å². The van der Waals surface area contributed by atoms with Gasteiger partial charge in [0.1, 0.15) is 0 Å². The van der Waals surface area contributed by atoms with Gasteiger partial charge in [-0.1, -0.05) is 0 Å². The molecule has 0 spiro atoms. The monoisotopic (exact) mass is 175 g/mol. The fraction of sp³-hybridized carbons (Fsp3) is 0.667. The second-order valence-electron chi connectivity index (χ2n) is 1.31. The summed E-state index contributed by atoms with van der Waals surface area (Å²) in [6.45, 7) is 0. The first-order chi connectivity index (χ1) is 3.68. The number of hydrogen-bond donors (Lipinski definition) is 0.